The van der Waals surface area contributed by atoms with E-state index in [0.717, 1.165) is 30.0 Å². The van der Waals surface area contributed by atoms with Crippen LogP contribution in [0.5, 0.6) is 11.5 Å². The zero-order valence-corrected chi connectivity index (χ0v) is 11.5. The van der Waals surface area contributed by atoms with Crippen LogP contribution in [0.15, 0.2) is 18.2 Å². The number of rotatable bonds is 4. The molecule has 1 fully saturated rings. The molecule has 3 rings (SSSR count). The van der Waals surface area contributed by atoms with Crippen LogP contribution in [0.2, 0.25) is 0 Å². The predicted octanol–water partition coefficient (Wildman–Crippen LogP) is 1.93. The average Bonchev–Trinajstić information content (AvgIpc) is 2.98. The molecule has 0 radical (unpaired) electrons. The van der Waals surface area contributed by atoms with Crippen molar-refractivity contribution in [2.24, 2.45) is 0 Å². The van der Waals surface area contributed by atoms with Crippen molar-refractivity contribution in [3.63, 3.8) is 0 Å². The van der Waals surface area contributed by atoms with Gasteiger partial charge in [-0.1, -0.05) is 12.8 Å². The first kappa shape index (κ1) is 13.1. The highest BCUT2D eigenvalue weighted by Gasteiger charge is 2.17. The molecule has 0 aromatic heterocycles. The molecule has 108 valence electrons. The molecule has 1 saturated carbocycles. The van der Waals surface area contributed by atoms with Gasteiger partial charge in [-0.25, -0.2) is 0 Å². The molecule has 1 aliphatic carbocycles. The molecule has 1 aromatic carbocycles. The number of hydrogen-bond acceptors (Lipinski definition) is 4. The molecule has 0 atom stereocenters. The quantitative estimate of drug-likeness (QED) is 0.882. The standard InChI is InChI=1S/C15H20N2O3/c18-15(17-11-3-1-2-4-11)10-16-12-5-6-13-14(9-12)20-8-7-19-13/h5-6,9,11,16H,1-4,7-8,10H2,(H,17,18). The molecule has 1 aliphatic heterocycles. The van der Waals surface area contributed by atoms with Crippen molar-refractivity contribution in [1.29, 1.82) is 0 Å². The minimum Gasteiger partial charge on any atom is -0.486 e. The lowest BCUT2D eigenvalue weighted by molar-refractivity contribution is -0.120. The van der Waals surface area contributed by atoms with Gasteiger partial charge < -0.3 is 20.1 Å². The van der Waals surface area contributed by atoms with Crippen molar-refractivity contribution in [2.75, 3.05) is 25.1 Å². The average molecular weight is 276 g/mol. The van der Waals surface area contributed by atoms with Gasteiger partial charge in [0.15, 0.2) is 11.5 Å². The van der Waals surface area contributed by atoms with Crippen LogP contribution >= 0.6 is 0 Å². The van der Waals surface area contributed by atoms with Gasteiger partial charge in [0.1, 0.15) is 13.2 Å². The van der Waals surface area contributed by atoms with Crippen molar-refractivity contribution in [3.8, 4) is 11.5 Å². The van der Waals surface area contributed by atoms with Crippen molar-refractivity contribution < 1.29 is 14.3 Å². The van der Waals surface area contributed by atoms with Crippen molar-refractivity contribution in [1.82, 2.24) is 5.32 Å². The SMILES string of the molecule is O=C(CNc1ccc2c(c1)OCCO2)NC1CCCC1. The van der Waals surface area contributed by atoms with E-state index < -0.39 is 0 Å². The van der Waals surface area contributed by atoms with Crippen LogP contribution in [0, 0.1) is 0 Å². The second-order valence-electron chi connectivity index (χ2n) is 5.26. The van der Waals surface area contributed by atoms with E-state index in [1.165, 1.54) is 12.8 Å². The summed E-state index contributed by atoms with van der Waals surface area (Å²) in [5.74, 6) is 1.54. The van der Waals surface area contributed by atoms with Crippen LogP contribution in [0.4, 0.5) is 5.69 Å². The molecule has 2 aliphatic rings. The number of ether oxygens (including phenoxy) is 2. The molecule has 0 bridgehead atoms. The molecule has 20 heavy (non-hydrogen) atoms. The maximum absolute atomic E-state index is 11.8. The van der Waals surface area contributed by atoms with Crippen LogP contribution in [-0.2, 0) is 4.79 Å². The Morgan fingerprint density at radius 3 is 2.70 bits per heavy atom. The van der Waals surface area contributed by atoms with Crippen molar-refractivity contribution in [2.45, 2.75) is 31.7 Å². The summed E-state index contributed by atoms with van der Waals surface area (Å²) in [5, 5.41) is 6.17. The molecular formula is C15H20N2O3. The van der Waals surface area contributed by atoms with Crippen LogP contribution in [0.3, 0.4) is 0 Å². The van der Waals surface area contributed by atoms with Gasteiger partial charge in [0, 0.05) is 17.8 Å². The van der Waals surface area contributed by atoms with E-state index in [0.29, 0.717) is 19.3 Å². The number of nitrogens with one attached hydrogen (secondary N) is 2. The van der Waals surface area contributed by atoms with Gasteiger partial charge in [0.2, 0.25) is 5.91 Å². The van der Waals surface area contributed by atoms with Crippen LogP contribution in [0.1, 0.15) is 25.7 Å². The summed E-state index contributed by atoms with van der Waals surface area (Å²) in [7, 11) is 0. The highest BCUT2D eigenvalue weighted by atomic mass is 16.6. The first-order valence-electron chi connectivity index (χ1n) is 7.24. The molecule has 1 amide bonds. The number of benzene rings is 1. The summed E-state index contributed by atoms with van der Waals surface area (Å²) < 4.78 is 11.0. The normalized spacial score (nSPS) is 17.8. The molecule has 5 heteroatoms. The fraction of sp³-hybridized carbons (Fsp3) is 0.533. The maximum atomic E-state index is 11.8. The first-order chi connectivity index (χ1) is 9.81. The second kappa shape index (κ2) is 6.03. The van der Waals surface area contributed by atoms with Crippen LogP contribution < -0.4 is 20.1 Å². The van der Waals surface area contributed by atoms with Gasteiger partial charge in [-0.15, -0.1) is 0 Å². The van der Waals surface area contributed by atoms with Crippen LogP contribution in [-0.4, -0.2) is 31.7 Å². The summed E-state index contributed by atoms with van der Waals surface area (Å²) in [6, 6.07) is 6.00. The number of hydrogen-bond donors (Lipinski definition) is 2. The zero-order chi connectivity index (χ0) is 13.8. The summed E-state index contributed by atoms with van der Waals surface area (Å²) in [6.45, 7) is 1.44. The van der Waals surface area contributed by atoms with Crippen molar-refractivity contribution >= 4 is 11.6 Å². The molecule has 0 spiro atoms. The van der Waals surface area contributed by atoms with Gasteiger partial charge >= 0.3 is 0 Å². The van der Waals surface area contributed by atoms with E-state index >= 15 is 0 Å². The summed E-state index contributed by atoms with van der Waals surface area (Å²) >= 11 is 0. The zero-order valence-electron chi connectivity index (χ0n) is 11.5. The van der Waals surface area contributed by atoms with Gasteiger partial charge in [0.25, 0.3) is 0 Å². The third-order valence-electron chi connectivity index (χ3n) is 3.72. The Bertz CT molecular complexity index is 484. The number of fused-ring (bicyclic) bond motifs is 1. The minimum atomic E-state index is 0.0480. The molecule has 1 aromatic rings. The fourth-order valence-electron chi connectivity index (χ4n) is 2.68. The number of carbonyl (C=O) groups is 1. The highest BCUT2D eigenvalue weighted by molar-refractivity contribution is 5.81. The lowest BCUT2D eigenvalue weighted by Gasteiger charge is -2.19. The Morgan fingerprint density at radius 1 is 1.15 bits per heavy atom. The number of anilines is 1. The van der Waals surface area contributed by atoms with Gasteiger partial charge in [-0.2, -0.15) is 0 Å². The maximum Gasteiger partial charge on any atom is 0.239 e. The number of amides is 1. The molecule has 5 nitrogen and oxygen atoms in total. The monoisotopic (exact) mass is 276 g/mol. The molecule has 0 saturated heterocycles. The smallest absolute Gasteiger partial charge is 0.239 e. The van der Waals surface area contributed by atoms with E-state index in [9.17, 15) is 4.79 Å². The van der Waals surface area contributed by atoms with E-state index in [2.05, 4.69) is 10.6 Å². The fourth-order valence-corrected chi connectivity index (χ4v) is 2.68. The molecule has 2 N–H and O–H groups in total. The van der Waals surface area contributed by atoms with E-state index in [-0.39, 0.29) is 12.5 Å². The largest absolute Gasteiger partial charge is 0.486 e. The van der Waals surface area contributed by atoms with Gasteiger partial charge in [0.05, 0.1) is 6.54 Å². The van der Waals surface area contributed by atoms with E-state index in [1.807, 2.05) is 18.2 Å². The Morgan fingerprint density at radius 2 is 1.90 bits per heavy atom. The van der Waals surface area contributed by atoms with E-state index in [4.69, 9.17) is 9.47 Å². The lowest BCUT2D eigenvalue weighted by atomic mass is 10.2. The summed E-state index contributed by atoms with van der Waals surface area (Å²) in [6.07, 6.45) is 4.66. The Kier molecular flexibility index (Phi) is 3.95. The molecular weight excluding hydrogens is 256 g/mol. The number of carbonyl (C=O) groups excluding carboxylic acids is 1. The third-order valence-corrected chi connectivity index (χ3v) is 3.72. The van der Waals surface area contributed by atoms with Gasteiger partial charge in [-0.3, -0.25) is 4.79 Å². The first-order valence-corrected chi connectivity index (χ1v) is 7.24. The summed E-state index contributed by atoms with van der Waals surface area (Å²) in [4.78, 5) is 11.8. The highest BCUT2D eigenvalue weighted by Crippen LogP contribution is 2.32. The third kappa shape index (κ3) is 3.15. The Hall–Kier alpha value is -1.91. The second-order valence-corrected chi connectivity index (χ2v) is 5.26. The summed E-state index contributed by atoms with van der Waals surface area (Å²) in [5.41, 5.74) is 0.871. The van der Waals surface area contributed by atoms with Crippen LogP contribution in [0.25, 0.3) is 0 Å². The lowest BCUT2D eigenvalue weighted by Crippen LogP contribution is -2.36. The van der Waals surface area contributed by atoms with E-state index in [1.54, 1.807) is 0 Å². The minimum absolute atomic E-state index is 0.0480. The molecule has 0 unspecified atom stereocenters. The topological polar surface area (TPSA) is 59.6 Å². The van der Waals surface area contributed by atoms with Crippen molar-refractivity contribution in [3.05, 3.63) is 18.2 Å². The Labute approximate surface area is 118 Å². The molecule has 1 heterocycles. The van der Waals surface area contributed by atoms with Gasteiger partial charge in [-0.05, 0) is 25.0 Å². The predicted molar refractivity (Wildman–Crippen MR) is 76.3 cm³/mol. The Balaban J connectivity index is 1.51.